The van der Waals surface area contributed by atoms with Crippen LogP contribution in [0.2, 0.25) is 0 Å². The lowest BCUT2D eigenvalue weighted by molar-refractivity contribution is 0.358. The molecule has 2 aromatic rings. The molecule has 0 bridgehead atoms. The van der Waals surface area contributed by atoms with Gasteiger partial charge in [-0.3, -0.25) is 4.98 Å². The Balaban J connectivity index is 1.80. The van der Waals surface area contributed by atoms with Crippen molar-refractivity contribution in [2.75, 3.05) is 0 Å². The van der Waals surface area contributed by atoms with E-state index in [1.165, 1.54) is 55.0 Å². The smallest absolute Gasteiger partial charge is 0.0736 e. The quantitative estimate of drug-likeness (QED) is 0.617. The predicted molar refractivity (Wildman–Crippen MR) is 90.5 cm³/mol. The molecule has 0 aliphatic heterocycles. The SMILES string of the molecule is CCCCCC1CCC(c2cccc3cccnc23)C1C. The van der Waals surface area contributed by atoms with E-state index >= 15 is 0 Å². The van der Waals surface area contributed by atoms with E-state index in [0.29, 0.717) is 5.92 Å². The Kier molecular flexibility index (Phi) is 4.57. The van der Waals surface area contributed by atoms with Gasteiger partial charge in [0.1, 0.15) is 0 Å². The lowest BCUT2D eigenvalue weighted by Gasteiger charge is -2.22. The summed E-state index contributed by atoms with van der Waals surface area (Å²) in [6.07, 6.45) is 10.2. The molecule has 1 aromatic heterocycles. The first-order valence-electron chi connectivity index (χ1n) is 8.65. The summed E-state index contributed by atoms with van der Waals surface area (Å²) in [7, 11) is 0. The van der Waals surface area contributed by atoms with Gasteiger partial charge < -0.3 is 0 Å². The highest BCUT2D eigenvalue weighted by atomic mass is 14.7. The number of benzene rings is 1. The molecule has 0 spiro atoms. The van der Waals surface area contributed by atoms with Crippen molar-refractivity contribution >= 4 is 10.9 Å². The highest BCUT2D eigenvalue weighted by Crippen LogP contribution is 2.46. The van der Waals surface area contributed by atoms with E-state index in [1.54, 1.807) is 0 Å². The highest BCUT2D eigenvalue weighted by molar-refractivity contribution is 5.82. The monoisotopic (exact) mass is 281 g/mol. The molecule has 0 saturated heterocycles. The molecule has 0 radical (unpaired) electrons. The number of nitrogens with zero attached hydrogens (tertiary/aromatic N) is 1. The van der Waals surface area contributed by atoms with Crippen LogP contribution >= 0.6 is 0 Å². The largest absolute Gasteiger partial charge is 0.256 e. The van der Waals surface area contributed by atoms with Gasteiger partial charge in [0.25, 0.3) is 0 Å². The number of hydrogen-bond donors (Lipinski definition) is 0. The first kappa shape index (κ1) is 14.6. The van der Waals surface area contributed by atoms with Gasteiger partial charge >= 0.3 is 0 Å². The molecule has 1 nitrogen and oxygen atoms in total. The van der Waals surface area contributed by atoms with Crippen LogP contribution in [-0.2, 0) is 0 Å². The summed E-state index contributed by atoms with van der Waals surface area (Å²) < 4.78 is 0. The second kappa shape index (κ2) is 6.60. The second-order valence-electron chi connectivity index (χ2n) is 6.72. The van der Waals surface area contributed by atoms with Gasteiger partial charge in [-0.15, -0.1) is 0 Å². The fraction of sp³-hybridized carbons (Fsp3) is 0.550. The van der Waals surface area contributed by atoms with E-state index < -0.39 is 0 Å². The molecule has 112 valence electrons. The number of para-hydroxylation sites is 1. The molecule has 1 heteroatoms. The maximum atomic E-state index is 4.66. The summed E-state index contributed by atoms with van der Waals surface area (Å²) in [4.78, 5) is 4.66. The number of fused-ring (bicyclic) bond motifs is 1. The number of aromatic nitrogens is 1. The first-order chi connectivity index (χ1) is 10.3. The number of unbranched alkanes of at least 4 members (excludes halogenated alkanes) is 2. The molecule has 1 fully saturated rings. The number of hydrogen-bond acceptors (Lipinski definition) is 1. The normalized spacial score (nSPS) is 25.5. The van der Waals surface area contributed by atoms with Gasteiger partial charge in [-0.05, 0) is 42.2 Å². The minimum absolute atomic E-state index is 0.704. The van der Waals surface area contributed by atoms with E-state index in [-0.39, 0.29) is 0 Å². The Hall–Kier alpha value is -1.37. The van der Waals surface area contributed by atoms with Crippen molar-refractivity contribution in [2.45, 2.75) is 58.3 Å². The Morgan fingerprint density at radius 2 is 1.95 bits per heavy atom. The fourth-order valence-electron chi connectivity index (χ4n) is 4.18. The molecule has 1 aliphatic carbocycles. The Morgan fingerprint density at radius 3 is 2.81 bits per heavy atom. The molecule has 3 atom stereocenters. The Morgan fingerprint density at radius 1 is 1.10 bits per heavy atom. The lowest BCUT2D eigenvalue weighted by Crippen LogP contribution is -2.10. The Labute approximate surface area is 128 Å². The topological polar surface area (TPSA) is 12.9 Å². The molecule has 21 heavy (non-hydrogen) atoms. The fourth-order valence-corrected chi connectivity index (χ4v) is 4.18. The lowest BCUT2D eigenvalue weighted by atomic mass is 9.83. The molecule has 1 aromatic carbocycles. The van der Waals surface area contributed by atoms with Gasteiger partial charge in [0.05, 0.1) is 5.52 Å². The van der Waals surface area contributed by atoms with Crippen molar-refractivity contribution in [3.8, 4) is 0 Å². The zero-order valence-electron chi connectivity index (χ0n) is 13.4. The van der Waals surface area contributed by atoms with Gasteiger partial charge in [-0.2, -0.15) is 0 Å². The average Bonchev–Trinajstić information content (AvgIpc) is 2.88. The van der Waals surface area contributed by atoms with Crippen LogP contribution < -0.4 is 0 Å². The molecule has 1 aliphatic rings. The second-order valence-corrected chi connectivity index (χ2v) is 6.72. The maximum Gasteiger partial charge on any atom is 0.0736 e. The van der Waals surface area contributed by atoms with Crippen molar-refractivity contribution in [1.82, 2.24) is 4.98 Å². The summed E-state index contributed by atoms with van der Waals surface area (Å²) in [5.74, 6) is 2.42. The third-order valence-electron chi connectivity index (χ3n) is 5.47. The Bertz CT molecular complexity index is 584. The van der Waals surface area contributed by atoms with E-state index in [0.717, 1.165) is 11.8 Å². The molecule has 1 saturated carbocycles. The van der Waals surface area contributed by atoms with Gasteiger partial charge in [0.2, 0.25) is 0 Å². The number of pyridine rings is 1. The summed E-state index contributed by atoms with van der Waals surface area (Å²) in [6.45, 7) is 4.76. The third-order valence-corrected chi connectivity index (χ3v) is 5.47. The van der Waals surface area contributed by atoms with Gasteiger partial charge in [-0.1, -0.05) is 63.8 Å². The van der Waals surface area contributed by atoms with E-state index in [9.17, 15) is 0 Å². The van der Waals surface area contributed by atoms with Crippen LogP contribution in [0.25, 0.3) is 10.9 Å². The van der Waals surface area contributed by atoms with Crippen LogP contribution in [0, 0.1) is 11.8 Å². The van der Waals surface area contributed by atoms with Crippen molar-refractivity contribution in [1.29, 1.82) is 0 Å². The summed E-state index contributed by atoms with van der Waals surface area (Å²) in [5.41, 5.74) is 2.71. The summed E-state index contributed by atoms with van der Waals surface area (Å²) >= 11 is 0. The summed E-state index contributed by atoms with van der Waals surface area (Å²) in [6, 6.07) is 10.9. The zero-order chi connectivity index (χ0) is 14.7. The highest BCUT2D eigenvalue weighted by Gasteiger charge is 2.34. The maximum absolute atomic E-state index is 4.66. The van der Waals surface area contributed by atoms with Crippen molar-refractivity contribution < 1.29 is 0 Å². The third kappa shape index (κ3) is 2.97. The van der Waals surface area contributed by atoms with Gasteiger partial charge in [-0.25, -0.2) is 0 Å². The summed E-state index contributed by atoms with van der Waals surface area (Å²) in [5, 5.41) is 1.29. The van der Waals surface area contributed by atoms with Gasteiger partial charge in [0.15, 0.2) is 0 Å². The van der Waals surface area contributed by atoms with Crippen LogP contribution in [0.4, 0.5) is 0 Å². The van der Waals surface area contributed by atoms with E-state index in [1.807, 2.05) is 12.3 Å². The molecule has 0 N–H and O–H groups in total. The molecular formula is C20H27N. The van der Waals surface area contributed by atoms with Crippen LogP contribution in [0.1, 0.15) is 63.9 Å². The van der Waals surface area contributed by atoms with Crippen LogP contribution in [0.15, 0.2) is 36.5 Å². The first-order valence-corrected chi connectivity index (χ1v) is 8.65. The minimum Gasteiger partial charge on any atom is -0.256 e. The van der Waals surface area contributed by atoms with Crippen molar-refractivity contribution in [3.05, 3.63) is 42.1 Å². The van der Waals surface area contributed by atoms with E-state index in [4.69, 9.17) is 0 Å². The molecule has 1 heterocycles. The standard InChI is InChI=1S/C20H27N/c1-3-4-5-8-16-12-13-18(15(16)2)19-11-6-9-17-10-7-14-21-20(17)19/h6-7,9-11,14-16,18H,3-5,8,12-13H2,1-2H3. The van der Waals surface area contributed by atoms with E-state index in [2.05, 4.69) is 43.1 Å². The van der Waals surface area contributed by atoms with Crippen LogP contribution in [0.3, 0.4) is 0 Å². The van der Waals surface area contributed by atoms with Gasteiger partial charge in [0, 0.05) is 11.6 Å². The van der Waals surface area contributed by atoms with Crippen molar-refractivity contribution in [3.63, 3.8) is 0 Å². The average molecular weight is 281 g/mol. The van der Waals surface area contributed by atoms with Crippen molar-refractivity contribution in [2.24, 2.45) is 11.8 Å². The molecule has 3 unspecified atom stereocenters. The molecular weight excluding hydrogens is 254 g/mol. The minimum atomic E-state index is 0.704. The predicted octanol–water partition coefficient (Wildman–Crippen LogP) is 5.94. The molecule has 0 amide bonds. The molecule has 3 rings (SSSR count). The number of rotatable bonds is 5. The zero-order valence-corrected chi connectivity index (χ0v) is 13.4. The van der Waals surface area contributed by atoms with Crippen LogP contribution in [-0.4, -0.2) is 4.98 Å². The van der Waals surface area contributed by atoms with Crippen LogP contribution in [0.5, 0.6) is 0 Å².